The standard InChI is InChI=1S/C7H14F3N.C2H6/c1-4-6(7(8,9)10)11(3)5-2;1-2/h6H,4-5H2,1-3H3;1-2H3. The summed E-state index contributed by atoms with van der Waals surface area (Å²) in [5.74, 6) is 0. The Kier molecular flexibility index (Phi) is 8.42. The van der Waals surface area contributed by atoms with Gasteiger partial charge in [-0.2, -0.15) is 13.2 Å². The van der Waals surface area contributed by atoms with E-state index in [4.69, 9.17) is 0 Å². The molecule has 0 aromatic carbocycles. The molecule has 1 nitrogen and oxygen atoms in total. The van der Waals surface area contributed by atoms with Gasteiger partial charge in [-0.15, -0.1) is 0 Å². The Morgan fingerprint density at radius 1 is 1.15 bits per heavy atom. The van der Waals surface area contributed by atoms with Gasteiger partial charge in [-0.05, 0) is 20.0 Å². The van der Waals surface area contributed by atoms with Gasteiger partial charge in [0.2, 0.25) is 0 Å². The van der Waals surface area contributed by atoms with E-state index in [-0.39, 0.29) is 6.42 Å². The van der Waals surface area contributed by atoms with Gasteiger partial charge in [-0.25, -0.2) is 0 Å². The molecule has 0 rings (SSSR count). The molecule has 0 fully saturated rings. The highest BCUT2D eigenvalue weighted by atomic mass is 19.4. The summed E-state index contributed by atoms with van der Waals surface area (Å²) in [6.45, 7) is 7.69. The third-order valence-electron chi connectivity index (χ3n) is 1.80. The minimum atomic E-state index is -4.08. The van der Waals surface area contributed by atoms with Crippen LogP contribution in [0.2, 0.25) is 0 Å². The van der Waals surface area contributed by atoms with Gasteiger partial charge in [0, 0.05) is 0 Å². The fourth-order valence-corrected chi connectivity index (χ4v) is 1.01. The second-order valence-electron chi connectivity index (χ2n) is 2.54. The van der Waals surface area contributed by atoms with Gasteiger partial charge >= 0.3 is 6.18 Å². The Bertz CT molecular complexity index is 112. The van der Waals surface area contributed by atoms with Crippen LogP contribution in [0.25, 0.3) is 0 Å². The Balaban J connectivity index is 0. The fourth-order valence-electron chi connectivity index (χ4n) is 1.01. The van der Waals surface area contributed by atoms with Crippen molar-refractivity contribution in [3.8, 4) is 0 Å². The van der Waals surface area contributed by atoms with Crippen LogP contribution in [0.5, 0.6) is 0 Å². The van der Waals surface area contributed by atoms with E-state index in [0.29, 0.717) is 6.54 Å². The molecular weight excluding hydrogens is 179 g/mol. The van der Waals surface area contributed by atoms with Crippen LogP contribution >= 0.6 is 0 Å². The Labute approximate surface area is 78.9 Å². The van der Waals surface area contributed by atoms with E-state index < -0.39 is 12.2 Å². The Morgan fingerprint density at radius 3 is 1.62 bits per heavy atom. The molecule has 0 aliphatic rings. The van der Waals surface area contributed by atoms with E-state index in [2.05, 4.69) is 0 Å². The lowest BCUT2D eigenvalue weighted by Gasteiger charge is -2.27. The number of alkyl halides is 3. The largest absolute Gasteiger partial charge is 0.404 e. The number of halogens is 3. The second kappa shape index (κ2) is 7.18. The van der Waals surface area contributed by atoms with Crippen LogP contribution in [0.1, 0.15) is 34.1 Å². The summed E-state index contributed by atoms with van der Waals surface area (Å²) >= 11 is 0. The molecule has 0 aromatic heterocycles. The Hall–Kier alpha value is -0.250. The molecular formula is C9H20F3N. The van der Waals surface area contributed by atoms with Crippen molar-refractivity contribution >= 4 is 0 Å². The van der Waals surface area contributed by atoms with Crippen LogP contribution in [0, 0.1) is 0 Å². The van der Waals surface area contributed by atoms with Crippen LogP contribution in [-0.4, -0.2) is 30.7 Å². The lowest BCUT2D eigenvalue weighted by Crippen LogP contribution is -2.42. The van der Waals surface area contributed by atoms with E-state index in [0.717, 1.165) is 0 Å². The van der Waals surface area contributed by atoms with Gasteiger partial charge in [0.05, 0.1) is 0 Å². The summed E-state index contributed by atoms with van der Waals surface area (Å²) in [6, 6.07) is -1.28. The van der Waals surface area contributed by atoms with Gasteiger partial charge in [0.15, 0.2) is 0 Å². The smallest absolute Gasteiger partial charge is 0.296 e. The molecule has 0 amide bonds. The zero-order valence-electron chi connectivity index (χ0n) is 9.07. The van der Waals surface area contributed by atoms with Gasteiger partial charge in [0.1, 0.15) is 6.04 Å². The van der Waals surface area contributed by atoms with Crippen LogP contribution in [0.4, 0.5) is 13.2 Å². The first-order valence-corrected chi connectivity index (χ1v) is 4.70. The first-order valence-electron chi connectivity index (χ1n) is 4.70. The van der Waals surface area contributed by atoms with E-state index in [1.807, 2.05) is 13.8 Å². The molecule has 0 spiro atoms. The van der Waals surface area contributed by atoms with Crippen molar-refractivity contribution in [1.82, 2.24) is 4.90 Å². The highest BCUT2D eigenvalue weighted by Crippen LogP contribution is 2.25. The van der Waals surface area contributed by atoms with Crippen molar-refractivity contribution in [1.29, 1.82) is 0 Å². The summed E-state index contributed by atoms with van der Waals surface area (Å²) in [4.78, 5) is 1.31. The van der Waals surface area contributed by atoms with Crippen molar-refractivity contribution in [3.05, 3.63) is 0 Å². The first kappa shape index (κ1) is 15.2. The number of rotatable bonds is 3. The third kappa shape index (κ3) is 5.91. The van der Waals surface area contributed by atoms with E-state index in [1.54, 1.807) is 13.8 Å². The summed E-state index contributed by atoms with van der Waals surface area (Å²) in [7, 11) is 1.49. The third-order valence-corrected chi connectivity index (χ3v) is 1.80. The predicted molar refractivity (Wildman–Crippen MR) is 49.8 cm³/mol. The molecule has 0 N–H and O–H groups in total. The van der Waals surface area contributed by atoms with Crippen LogP contribution in [-0.2, 0) is 0 Å². The molecule has 1 atom stereocenters. The molecule has 13 heavy (non-hydrogen) atoms. The van der Waals surface area contributed by atoms with Gasteiger partial charge in [-0.1, -0.05) is 27.7 Å². The summed E-state index contributed by atoms with van der Waals surface area (Å²) in [5, 5.41) is 0. The molecule has 0 heterocycles. The molecule has 82 valence electrons. The topological polar surface area (TPSA) is 3.24 Å². The van der Waals surface area contributed by atoms with E-state index in [1.165, 1.54) is 11.9 Å². The summed E-state index contributed by atoms with van der Waals surface area (Å²) in [6.07, 6.45) is -3.96. The lowest BCUT2D eigenvalue weighted by atomic mass is 10.2. The van der Waals surface area contributed by atoms with Crippen molar-refractivity contribution in [3.63, 3.8) is 0 Å². The number of hydrogen-bond donors (Lipinski definition) is 0. The SMILES string of the molecule is CC.CCC(N(C)CC)C(F)(F)F. The average molecular weight is 199 g/mol. The molecule has 0 aliphatic carbocycles. The maximum absolute atomic E-state index is 12.1. The van der Waals surface area contributed by atoms with Crippen LogP contribution < -0.4 is 0 Å². The number of nitrogens with zero attached hydrogens (tertiary/aromatic N) is 1. The molecule has 0 bridgehead atoms. The normalized spacial score (nSPS) is 13.6. The highest BCUT2D eigenvalue weighted by molar-refractivity contribution is 4.73. The monoisotopic (exact) mass is 199 g/mol. The minimum absolute atomic E-state index is 0.119. The van der Waals surface area contributed by atoms with E-state index >= 15 is 0 Å². The maximum Gasteiger partial charge on any atom is 0.404 e. The van der Waals surface area contributed by atoms with E-state index in [9.17, 15) is 13.2 Å². The van der Waals surface area contributed by atoms with Gasteiger partial charge in [0.25, 0.3) is 0 Å². The van der Waals surface area contributed by atoms with Gasteiger partial charge < -0.3 is 0 Å². The van der Waals surface area contributed by atoms with Crippen molar-refractivity contribution in [2.24, 2.45) is 0 Å². The molecule has 4 heteroatoms. The molecule has 0 aliphatic heterocycles. The summed E-state index contributed by atoms with van der Waals surface area (Å²) < 4.78 is 36.3. The van der Waals surface area contributed by atoms with Gasteiger partial charge in [-0.3, -0.25) is 4.90 Å². The lowest BCUT2D eigenvalue weighted by molar-refractivity contribution is -0.180. The van der Waals surface area contributed by atoms with Crippen LogP contribution in [0.3, 0.4) is 0 Å². The summed E-state index contributed by atoms with van der Waals surface area (Å²) in [5.41, 5.74) is 0. The zero-order valence-corrected chi connectivity index (χ0v) is 9.07. The number of hydrogen-bond acceptors (Lipinski definition) is 1. The van der Waals surface area contributed by atoms with Crippen molar-refractivity contribution < 1.29 is 13.2 Å². The fraction of sp³-hybridized carbons (Fsp3) is 1.00. The second-order valence-corrected chi connectivity index (χ2v) is 2.54. The molecule has 1 unspecified atom stereocenters. The quantitative estimate of drug-likeness (QED) is 0.674. The molecule has 0 aromatic rings. The highest BCUT2D eigenvalue weighted by Gasteiger charge is 2.40. The zero-order chi connectivity index (χ0) is 11.1. The molecule has 0 radical (unpaired) electrons. The average Bonchev–Trinajstić information content (AvgIpc) is 2.06. The molecule has 0 saturated carbocycles. The van der Waals surface area contributed by atoms with Crippen molar-refractivity contribution in [2.45, 2.75) is 46.3 Å². The first-order chi connectivity index (χ1) is 5.93. The Morgan fingerprint density at radius 2 is 1.54 bits per heavy atom. The maximum atomic E-state index is 12.1. The van der Waals surface area contributed by atoms with Crippen molar-refractivity contribution in [2.75, 3.05) is 13.6 Å². The molecule has 0 saturated heterocycles. The minimum Gasteiger partial charge on any atom is -0.296 e. The van der Waals surface area contributed by atoms with Crippen LogP contribution in [0.15, 0.2) is 0 Å². The predicted octanol–water partition coefficient (Wildman–Crippen LogP) is 3.31.